The van der Waals surface area contributed by atoms with E-state index in [2.05, 4.69) is 22.6 Å². The maximum absolute atomic E-state index is 13.5. The lowest BCUT2D eigenvalue weighted by atomic mass is 9.83. The maximum atomic E-state index is 13.5. The number of ether oxygens (including phenoxy) is 3. The zero-order valence-corrected chi connectivity index (χ0v) is 24.0. The van der Waals surface area contributed by atoms with Gasteiger partial charge in [-0.15, -0.1) is 0 Å². The predicted molar refractivity (Wildman–Crippen MR) is 152 cm³/mol. The first-order valence-electron chi connectivity index (χ1n) is 12.8. The van der Waals surface area contributed by atoms with E-state index in [9.17, 15) is 9.59 Å². The third kappa shape index (κ3) is 7.48. The molecular formula is C29H33ClINO5. The Morgan fingerprint density at radius 2 is 1.89 bits per heavy atom. The van der Waals surface area contributed by atoms with Crippen LogP contribution in [0.1, 0.15) is 56.1 Å². The first-order chi connectivity index (χ1) is 18.0. The number of carbonyl (C=O) groups excluding carboxylic acids is 2. The van der Waals surface area contributed by atoms with Crippen LogP contribution in [0.2, 0.25) is 5.02 Å². The molecule has 2 aromatic carbocycles. The Bertz CT molecular complexity index is 1100. The van der Waals surface area contributed by atoms with Crippen LogP contribution >= 0.6 is 34.2 Å². The van der Waals surface area contributed by atoms with E-state index in [1.807, 2.05) is 43.3 Å². The smallest absolute Gasteiger partial charge is 0.336 e. The van der Waals surface area contributed by atoms with Crippen LogP contribution in [0.4, 0.5) is 0 Å². The van der Waals surface area contributed by atoms with Gasteiger partial charge in [-0.3, -0.25) is 4.79 Å². The summed E-state index contributed by atoms with van der Waals surface area (Å²) in [6.45, 7) is 3.82. The molecule has 2 aliphatic rings. The van der Waals surface area contributed by atoms with Gasteiger partial charge in [-0.25, -0.2) is 4.79 Å². The molecule has 0 spiro atoms. The number of alkyl halides is 1. The Kier molecular flexibility index (Phi) is 10.3. The molecule has 2 heterocycles. The van der Waals surface area contributed by atoms with E-state index in [1.54, 1.807) is 17.0 Å². The highest BCUT2D eigenvalue weighted by Gasteiger charge is 2.38. The average molecular weight is 638 g/mol. The lowest BCUT2D eigenvalue weighted by Gasteiger charge is -2.35. The minimum absolute atomic E-state index is 0.00874. The largest absolute Gasteiger partial charge is 0.494 e. The maximum Gasteiger partial charge on any atom is 0.336 e. The molecule has 6 nitrogen and oxygen atoms in total. The van der Waals surface area contributed by atoms with Crippen LogP contribution in [0.3, 0.4) is 0 Å². The second-order valence-electron chi connectivity index (χ2n) is 9.41. The second-order valence-corrected chi connectivity index (χ2v) is 10.9. The van der Waals surface area contributed by atoms with Gasteiger partial charge in [0.05, 0.1) is 24.8 Å². The fourth-order valence-corrected chi connectivity index (χ4v) is 5.43. The molecule has 2 aliphatic heterocycles. The van der Waals surface area contributed by atoms with Crippen molar-refractivity contribution in [3.63, 3.8) is 0 Å². The zero-order chi connectivity index (χ0) is 26.2. The Morgan fingerprint density at radius 3 is 2.57 bits per heavy atom. The third-order valence-corrected chi connectivity index (χ3v) is 7.83. The molecule has 0 saturated carbocycles. The van der Waals surface area contributed by atoms with Crippen LogP contribution in [0, 0.1) is 0 Å². The standard InChI is InChI=1S/C29H33ClINO5/c1-20-28(29(34)37-19-21-6-12-24(13-7-21)35-15-3-2-14-31)26(22-8-10-23(30)11-9-22)17-27(33)32(20)18-25-5-4-16-36-25/h6-13,25-26H,2-5,14-19H2,1H3/t25-,26+/m1/s1. The molecule has 37 heavy (non-hydrogen) atoms. The molecule has 4 rings (SSSR count). The summed E-state index contributed by atoms with van der Waals surface area (Å²) in [7, 11) is 0. The number of rotatable bonds is 11. The van der Waals surface area contributed by atoms with E-state index in [4.69, 9.17) is 25.8 Å². The van der Waals surface area contributed by atoms with Crippen molar-refractivity contribution in [1.82, 2.24) is 4.90 Å². The van der Waals surface area contributed by atoms with E-state index < -0.39 is 11.9 Å². The highest BCUT2D eigenvalue weighted by atomic mass is 127. The van der Waals surface area contributed by atoms with E-state index >= 15 is 0 Å². The van der Waals surface area contributed by atoms with Crippen molar-refractivity contribution in [2.45, 2.75) is 57.7 Å². The average Bonchev–Trinajstić information content (AvgIpc) is 3.42. The van der Waals surface area contributed by atoms with Crippen molar-refractivity contribution < 1.29 is 23.8 Å². The number of amides is 1. The zero-order valence-electron chi connectivity index (χ0n) is 21.1. The van der Waals surface area contributed by atoms with Crippen LogP contribution in [0.15, 0.2) is 59.8 Å². The van der Waals surface area contributed by atoms with E-state index in [1.165, 1.54) is 0 Å². The summed E-state index contributed by atoms with van der Waals surface area (Å²) >= 11 is 8.46. The minimum atomic E-state index is -0.415. The van der Waals surface area contributed by atoms with Crippen molar-refractivity contribution in [3.05, 3.63) is 76.0 Å². The van der Waals surface area contributed by atoms with Gasteiger partial charge < -0.3 is 19.1 Å². The van der Waals surface area contributed by atoms with Crippen molar-refractivity contribution in [2.24, 2.45) is 0 Å². The number of unbranched alkanes of at least 4 members (excludes halogenated alkanes) is 1. The van der Waals surface area contributed by atoms with Crippen molar-refractivity contribution in [2.75, 3.05) is 24.2 Å². The summed E-state index contributed by atoms with van der Waals surface area (Å²) in [4.78, 5) is 28.4. The van der Waals surface area contributed by atoms with Crippen LogP contribution in [-0.2, 0) is 25.7 Å². The molecule has 0 radical (unpaired) electrons. The molecule has 0 unspecified atom stereocenters. The Morgan fingerprint density at radius 1 is 1.14 bits per heavy atom. The van der Waals surface area contributed by atoms with Gasteiger partial charge >= 0.3 is 5.97 Å². The summed E-state index contributed by atoms with van der Waals surface area (Å²) in [6, 6.07) is 14.9. The number of carbonyl (C=O) groups is 2. The number of halogens is 2. The molecule has 1 saturated heterocycles. The van der Waals surface area contributed by atoms with Crippen LogP contribution in [-0.4, -0.2) is 47.1 Å². The molecule has 1 fully saturated rings. The monoisotopic (exact) mass is 637 g/mol. The van der Waals surface area contributed by atoms with E-state index in [0.29, 0.717) is 36.1 Å². The third-order valence-electron chi connectivity index (χ3n) is 6.82. The van der Waals surface area contributed by atoms with Crippen molar-refractivity contribution >= 4 is 46.1 Å². The minimum Gasteiger partial charge on any atom is -0.494 e. The highest BCUT2D eigenvalue weighted by Crippen LogP contribution is 2.38. The van der Waals surface area contributed by atoms with Gasteiger partial charge in [0, 0.05) is 29.7 Å². The van der Waals surface area contributed by atoms with Gasteiger partial charge in [-0.2, -0.15) is 0 Å². The van der Waals surface area contributed by atoms with E-state index in [0.717, 1.165) is 47.0 Å². The summed E-state index contributed by atoms with van der Waals surface area (Å²) in [5, 5.41) is 0.605. The lowest BCUT2D eigenvalue weighted by molar-refractivity contribution is -0.141. The van der Waals surface area contributed by atoms with Gasteiger partial charge in [-0.05, 0) is 72.4 Å². The van der Waals surface area contributed by atoms with Crippen LogP contribution in [0.25, 0.3) is 0 Å². The summed E-state index contributed by atoms with van der Waals surface area (Å²) < 4.78 is 18.4. The number of hydrogen-bond acceptors (Lipinski definition) is 5. The van der Waals surface area contributed by atoms with Gasteiger partial charge in [0.2, 0.25) is 5.91 Å². The van der Waals surface area contributed by atoms with Crippen LogP contribution < -0.4 is 4.74 Å². The lowest BCUT2D eigenvalue weighted by Crippen LogP contribution is -2.42. The first-order valence-corrected chi connectivity index (χ1v) is 14.7. The topological polar surface area (TPSA) is 65.1 Å². The van der Waals surface area contributed by atoms with Crippen molar-refractivity contribution in [1.29, 1.82) is 0 Å². The molecule has 0 aliphatic carbocycles. The van der Waals surface area contributed by atoms with Crippen molar-refractivity contribution in [3.8, 4) is 5.75 Å². The molecule has 0 bridgehead atoms. The molecule has 1 amide bonds. The normalized spacial score (nSPS) is 19.9. The SMILES string of the molecule is CC1=C(C(=O)OCc2ccc(OCCCCI)cc2)[C@H](c2ccc(Cl)cc2)CC(=O)N1C[C@H]1CCCO1. The molecule has 0 aromatic heterocycles. The molecule has 2 atom stereocenters. The van der Waals surface area contributed by atoms with E-state index in [-0.39, 0.29) is 25.0 Å². The fraction of sp³-hybridized carbons (Fsp3) is 0.448. The molecule has 2 aromatic rings. The highest BCUT2D eigenvalue weighted by molar-refractivity contribution is 14.1. The van der Waals surface area contributed by atoms with Crippen LogP contribution in [0.5, 0.6) is 5.75 Å². The summed E-state index contributed by atoms with van der Waals surface area (Å²) in [6.07, 6.45) is 4.25. The van der Waals surface area contributed by atoms with Gasteiger partial charge in [-0.1, -0.05) is 58.5 Å². The van der Waals surface area contributed by atoms with Gasteiger partial charge in [0.25, 0.3) is 0 Å². The molecular weight excluding hydrogens is 605 g/mol. The number of esters is 1. The molecule has 8 heteroatoms. The second kappa shape index (κ2) is 13.6. The Hall–Kier alpha value is -2.10. The Labute approximate surface area is 237 Å². The summed E-state index contributed by atoms with van der Waals surface area (Å²) in [5.41, 5.74) is 2.88. The predicted octanol–water partition coefficient (Wildman–Crippen LogP) is 6.45. The fourth-order valence-electron chi connectivity index (χ4n) is 4.77. The number of allylic oxidation sites excluding steroid dienone is 1. The first kappa shape index (κ1) is 27.9. The van der Waals surface area contributed by atoms with Gasteiger partial charge in [0.15, 0.2) is 0 Å². The molecule has 198 valence electrons. The number of benzene rings is 2. The number of nitrogens with zero attached hydrogens (tertiary/aromatic N) is 1. The van der Waals surface area contributed by atoms with Gasteiger partial charge in [0.1, 0.15) is 12.4 Å². The Balaban J connectivity index is 1.49. The number of hydrogen-bond donors (Lipinski definition) is 0. The molecule has 0 N–H and O–H groups in total. The quantitative estimate of drug-likeness (QED) is 0.123. The summed E-state index contributed by atoms with van der Waals surface area (Å²) in [5.74, 6) is -0.0169.